The Morgan fingerprint density at radius 3 is 2.44 bits per heavy atom. The molecule has 0 aromatic carbocycles. The molecule has 0 N–H and O–H groups in total. The van der Waals surface area contributed by atoms with Gasteiger partial charge in [-0.3, -0.25) is 0 Å². The van der Waals surface area contributed by atoms with Gasteiger partial charge in [-0.05, 0) is 6.92 Å². The van der Waals surface area contributed by atoms with E-state index in [-0.39, 0.29) is 5.60 Å². The van der Waals surface area contributed by atoms with Gasteiger partial charge in [-0.2, -0.15) is 0 Å². The lowest BCUT2D eigenvalue weighted by Crippen LogP contribution is -1.98. The predicted octanol–water partition coefficient (Wildman–Crippen LogP) is 1.43. The topological polar surface area (TPSA) is 12.5 Å². The molecule has 1 unspecified atom stereocenters. The van der Waals surface area contributed by atoms with Crippen molar-refractivity contribution in [3.63, 3.8) is 0 Å². The van der Waals surface area contributed by atoms with E-state index in [0.29, 0.717) is 5.92 Å². The van der Waals surface area contributed by atoms with Crippen LogP contribution in [-0.4, -0.2) is 12.2 Å². The van der Waals surface area contributed by atoms with Gasteiger partial charge in [-0.25, -0.2) is 0 Å². The van der Waals surface area contributed by atoms with E-state index in [1.807, 2.05) is 6.92 Å². The second kappa shape index (κ2) is 2.04. The molecule has 0 bridgehead atoms. The third-order valence-electron chi connectivity index (χ3n) is 1.20. The van der Waals surface area contributed by atoms with Gasteiger partial charge in [0.15, 0.2) is 0 Å². The Labute approximate surface area is 56.4 Å². The number of ether oxygens (including phenoxy) is 1. The maximum atomic E-state index is 5.07. The van der Waals surface area contributed by atoms with Crippen LogP contribution in [0.25, 0.3) is 0 Å². The van der Waals surface area contributed by atoms with Crippen LogP contribution in [-0.2, 0) is 4.74 Å². The summed E-state index contributed by atoms with van der Waals surface area (Å²) in [7, 11) is 0. The first kappa shape index (κ1) is 6.64. The van der Waals surface area contributed by atoms with E-state index in [0.717, 1.165) is 6.61 Å². The lowest BCUT2D eigenvalue weighted by molar-refractivity contribution is 0.377. The largest absolute Gasteiger partial charge is 0.356 e. The van der Waals surface area contributed by atoms with Crippen molar-refractivity contribution in [2.75, 3.05) is 6.61 Å². The number of rotatable bonds is 0. The van der Waals surface area contributed by atoms with Crippen molar-refractivity contribution in [3.05, 3.63) is 0 Å². The molecule has 1 fully saturated rings. The standard InChI is InChI=1S/C8H12O/c1-7(2)4-5-8(3)6-9-8/h7H,6H2,1-3H3. The second-order valence-electron chi connectivity index (χ2n) is 2.94. The minimum absolute atomic E-state index is 0.0791. The van der Waals surface area contributed by atoms with E-state index in [2.05, 4.69) is 25.7 Å². The van der Waals surface area contributed by atoms with Crippen molar-refractivity contribution >= 4 is 0 Å². The fourth-order valence-electron chi connectivity index (χ4n) is 0.477. The van der Waals surface area contributed by atoms with Gasteiger partial charge in [0, 0.05) is 5.92 Å². The van der Waals surface area contributed by atoms with Crippen LogP contribution in [0.1, 0.15) is 20.8 Å². The monoisotopic (exact) mass is 124 g/mol. The van der Waals surface area contributed by atoms with Crippen LogP contribution < -0.4 is 0 Å². The maximum Gasteiger partial charge on any atom is 0.149 e. The minimum Gasteiger partial charge on any atom is -0.356 e. The molecule has 1 saturated heterocycles. The molecule has 0 aromatic rings. The highest BCUT2D eigenvalue weighted by molar-refractivity contribution is 5.19. The van der Waals surface area contributed by atoms with Gasteiger partial charge in [0.25, 0.3) is 0 Å². The van der Waals surface area contributed by atoms with Gasteiger partial charge in [-0.15, -0.1) is 0 Å². The molecule has 1 nitrogen and oxygen atoms in total. The van der Waals surface area contributed by atoms with Gasteiger partial charge < -0.3 is 4.74 Å². The molecule has 1 heterocycles. The summed E-state index contributed by atoms with van der Waals surface area (Å²) >= 11 is 0. The summed E-state index contributed by atoms with van der Waals surface area (Å²) in [6, 6.07) is 0. The smallest absolute Gasteiger partial charge is 0.149 e. The fourth-order valence-corrected chi connectivity index (χ4v) is 0.477. The highest BCUT2D eigenvalue weighted by atomic mass is 16.6. The molecule has 1 rings (SSSR count). The summed E-state index contributed by atoms with van der Waals surface area (Å²) in [5.74, 6) is 6.60. The molecule has 0 radical (unpaired) electrons. The molecule has 1 heteroatoms. The van der Waals surface area contributed by atoms with Crippen LogP contribution in [0.2, 0.25) is 0 Å². The zero-order chi connectivity index (χ0) is 6.91. The van der Waals surface area contributed by atoms with E-state index in [4.69, 9.17) is 4.74 Å². The Morgan fingerprint density at radius 2 is 2.11 bits per heavy atom. The van der Waals surface area contributed by atoms with Gasteiger partial charge in [0.05, 0.1) is 6.61 Å². The van der Waals surface area contributed by atoms with Crippen molar-refractivity contribution in [1.29, 1.82) is 0 Å². The summed E-state index contributed by atoms with van der Waals surface area (Å²) in [4.78, 5) is 0. The highest BCUT2D eigenvalue weighted by Crippen LogP contribution is 2.24. The Bertz CT molecular complexity index is 155. The summed E-state index contributed by atoms with van der Waals surface area (Å²) in [5.41, 5.74) is -0.0791. The average molecular weight is 124 g/mol. The molecular weight excluding hydrogens is 112 g/mol. The molecule has 0 aliphatic carbocycles. The lowest BCUT2D eigenvalue weighted by Gasteiger charge is -1.90. The molecule has 1 atom stereocenters. The first-order valence-corrected chi connectivity index (χ1v) is 3.29. The summed E-state index contributed by atoms with van der Waals surface area (Å²) < 4.78 is 5.07. The summed E-state index contributed by atoms with van der Waals surface area (Å²) in [5, 5.41) is 0. The Kier molecular flexibility index (Phi) is 1.50. The van der Waals surface area contributed by atoms with Crippen molar-refractivity contribution < 1.29 is 4.74 Å². The van der Waals surface area contributed by atoms with Gasteiger partial charge in [-0.1, -0.05) is 25.7 Å². The SMILES string of the molecule is CC(C)C#CC1(C)CO1. The first-order chi connectivity index (χ1) is 4.12. The first-order valence-electron chi connectivity index (χ1n) is 3.29. The van der Waals surface area contributed by atoms with E-state index in [9.17, 15) is 0 Å². The molecule has 1 aliphatic rings. The zero-order valence-corrected chi connectivity index (χ0v) is 6.19. The van der Waals surface area contributed by atoms with Crippen LogP contribution in [0.3, 0.4) is 0 Å². The summed E-state index contributed by atoms with van der Waals surface area (Å²) in [6.07, 6.45) is 0. The third-order valence-corrected chi connectivity index (χ3v) is 1.20. The van der Waals surface area contributed by atoms with Crippen LogP contribution in [0, 0.1) is 17.8 Å². The number of hydrogen-bond donors (Lipinski definition) is 0. The fraction of sp³-hybridized carbons (Fsp3) is 0.750. The Morgan fingerprint density at radius 1 is 1.56 bits per heavy atom. The normalized spacial score (nSPS) is 31.6. The average Bonchev–Trinajstić information content (AvgIpc) is 2.45. The van der Waals surface area contributed by atoms with E-state index in [1.54, 1.807) is 0 Å². The van der Waals surface area contributed by atoms with E-state index < -0.39 is 0 Å². The molecular formula is C8H12O. The quantitative estimate of drug-likeness (QED) is 0.351. The molecule has 0 amide bonds. The van der Waals surface area contributed by atoms with E-state index >= 15 is 0 Å². The molecule has 0 saturated carbocycles. The van der Waals surface area contributed by atoms with Crippen LogP contribution in [0.5, 0.6) is 0 Å². The second-order valence-corrected chi connectivity index (χ2v) is 2.94. The van der Waals surface area contributed by atoms with Gasteiger partial charge in [0.2, 0.25) is 0 Å². The molecule has 0 aromatic heterocycles. The predicted molar refractivity (Wildman–Crippen MR) is 37.0 cm³/mol. The molecule has 50 valence electrons. The minimum atomic E-state index is -0.0791. The summed E-state index contributed by atoms with van der Waals surface area (Å²) in [6.45, 7) is 6.99. The highest BCUT2D eigenvalue weighted by Gasteiger charge is 2.36. The Balaban J connectivity index is 2.42. The van der Waals surface area contributed by atoms with Crippen molar-refractivity contribution in [1.82, 2.24) is 0 Å². The zero-order valence-electron chi connectivity index (χ0n) is 6.19. The number of epoxide rings is 1. The van der Waals surface area contributed by atoms with Gasteiger partial charge in [0.1, 0.15) is 5.60 Å². The van der Waals surface area contributed by atoms with Crippen LogP contribution >= 0.6 is 0 Å². The van der Waals surface area contributed by atoms with Crippen molar-refractivity contribution in [2.24, 2.45) is 5.92 Å². The Hall–Kier alpha value is -0.480. The van der Waals surface area contributed by atoms with Crippen LogP contribution in [0.15, 0.2) is 0 Å². The molecule has 9 heavy (non-hydrogen) atoms. The van der Waals surface area contributed by atoms with E-state index in [1.165, 1.54) is 0 Å². The molecule has 0 spiro atoms. The van der Waals surface area contributed by atoms with Gasteiger partial charge >= 0.3 is 0 Å². The third kappa shape index (κ3) is 2.07. The number of hydrogen-bond acceptors (Lipinski definition) is 1. The maximum absolute atomic E-state index is 5.07. The molecule has 1 aliphatic heterocycles. The lowest BCUT2D eigenvalue weighted by atomic mass is 10.1. The van der Waals surface area contributed by atoms with Crippen molar-refractivity contribution in [3.8, 4) is 11.8 Å². The van der Waals surface area contributed by atoms with Crippen molar-refractivity contribution in [2.45, 2.75) is 26.4 Å². The van der Waals surface area contributed by atoms with Crippen LogP contribution in [0.4, 0.5) is 0 Å².